The minimum atomic E-state index is -3.44. The molecule has 0 amide bonds. The van der Waals surface area contributed by atoms with E-state index in [1.807, 2.05) is 26.1 Å². The first-order valence-electron chi connectivity index (χ1n) is 7.32. The summed E-state index contributed by atoms with van der Waals surface area (Å²) in [6, 6.07) is 5.70. The lowest BCUT2D eigenvalue weighted by Gasteiger charge is -2.19. The monoisotopic (exact) mass is 312 g/mol. The van der Waals surface area contributed by atoms with Crippen LogP contribution in [0.15, 0.2) is 23.1 Å². The summed E-state index contributed by atoms with van der Waals surface area (Å²) in [6.07, 6.45) is 1.47. The van der Waals surface area contributed by atoms with Crippen LogP contribution in [-0.2, 0) is 27.7 Å². The molecule has 2 rings (SSSR count). The molecule has 1 aliphatic rings. The number of rotatable bonds is 6. The number of methoxy groups -OCH3 is 1. The molecule has 0 aliphatic carbocycles. The third kappa shape index (κ3) is 3.45. The van der Waals surface area contributed by atoms with Crippen molar-refractivity contribution in [1.29, 1.82) is 0 Å². The Kier molecular flexibility index (Phi) is 5.37. The Bertz CT molecular complexity index is 587. The second kappa shape index (κ2) is 6.87. The maximum Gasteiger partial charge on any atom is 0.243 e. The van der Waals surface area contributed by atoms with Gasteiger partial charge in [-0.1, -0.05) is 19.1 Å². The van der Waals surface area contributed by atoms with Crippen LogP contribution in [0.3, 0.4) is 0 Å². The van der Waals surface area contributed by atoms with Crippen molar-refractivity contribution in [1.82, 2.24) is 9.62 Å². The van der Waals surface area contributed by atoms with Gasteiger partial charge in [-0.15, -0.1) is 0 Å². The highest BCUT2D eigenvalue weighted by atomic mass is 32.2. The van der Waals surface area contributed by atoms with Crippen molar-refractivity contribution in [3.8, 4) is 0 Å². The molecule has 0 radical (unpaired) electrons. The summed E-state index contributed by atoms with van der Waals surface area (Å²) < 4.78 is 32.6. The molecule has 1 fully saturated rings. The van der Waals surface area contributed by atoms with Crippen LogP contribution < -0.4 is 5.32 Å². The molecule has 1 saturated heterocycles. The van der Waals surface area contributed by atoms with E-state index in [9.17, 15) is 8.42 Å². The van der Waals surface area contributed by atoms with E-state index in [-0.39, 0.29) is 6.10 Å². The van der Waals surface area contributed by atoms with E-state index in [2.05, 4.69) is 5.32 Å². The van der Waals surface area contributed by atoms with Crippen molar-refractivity contribution in [2.24, 2.45) is 0 Å². The molecule has 1 aliphatic heterocycles. The molecule has 0 spiro atoms. The summed E-state index contributed by atoms with van der Waals surface area (Å²) in [6.45, 7) is 3.61. The lowest BCUT2D eigenvalue weighted by atomic mass is 10.1. The van der Waals surface area contributed by atoms with E-state index < -0.39 is 10.0 Å². The van der Waals surface area contributed by atoms with Crippen LogP contribution in [-0.4, -0.2) is 46.1 Å². The van der Waals surface area contributed by atoms with E-state index in [4.69, 9.17) is 4.74 Å². The predicted octanol–water partition coefficient (Wildman–Crippen LogP) is 1.38. The number of benzene rings is 1. The second-order valence-corrected chi connectivity index (χ2v) is 7.24. The molecule has 1 aromatic rings. The molecule has 1 N–H and O–H groups in total. The first kappa shape index (κ1) is 16.4. The van der Waals surface area contributed by atoms with Gasteiger partial charge in [-0.2, -0.15) is 4.31 Å². The molecule has 0 saturated carbocycles. The molecule has 1 aromatic carbocycles. The average molecular weight is 312 g/mol. The van der Waals surface area contributed by atoms with Gasteiger partial charge in [0.2, 0.25) is 10.0 Å². The Balaban J connectivity index is 2.36. The van der Waals surface area contributed by atoms with Crippen LogP contribution in [0.2, 0.25) is 0 Å². The van der Waals surface area contributed by atoms with Crippen LogP contribution in [0.4, 0.5) is 0 Å². The van der Waals surface area contributed by atoms with Crippen molar-refractivity contribution in [2.45, 2.75) is 37.3 Å². The van der Waals surface area contributed by atoms with E-state index in [0.29, 0.717) is 31.0 Å². The quantitative estimate of drug-likeness (QED) is 0.862. The number of ether oxygens (including phenoxy) is 1. The minimum Gasteiger partial charge on any atom is -0.380 e. The number of hydrogen-bond donors (Lipinski definition) is 1. The van der Waals surface area contributed by atoms with Gasteiger partial charge in [-0.3, -0.25) is 0 Å². The molecule has 1 heterocycles. The Morgan fingerprint density at radius 3 is 2.76 bits per heavy atom. The molecular weight excluding hydrogens is 288 g/mol. The molecule has 118 valence electrons. The largest absolute Gasteiger partial charge is 0.380 e. The Hall–Kier alpha value is -0.950. The van der Waals surface area contributed by atoms with E-state index in [1.54, 1.807) is 17.5 Å². The van der Waals surface area contributed by atoms with E-state index in [0.717, 1.165) is 17.5 Å². The third-order valence-corrected chi connectivity index (χ3v) is 5.90. The standard InChI is InChI=1S/C15H24N2O3S/c1-4-13-6-5-12(10-16-2)9-15(13)21(18,19)17-8-7-14(11-17)20-3/h5-6,9,14,16H,4,7-8,10-11H2,1-3H3. The summed E-state index contributed by atoms with van der Waals surface area (Å²) in [5.74, 6) is 0. The molecule has 6 heteroatoms. The highest BCUT2D eigenvalue weighted by Gasteiger charge is 2.33. The van der Waals surface area contributed by atoms with Gasteiger partial charge in [0.05, 0.1) is 11.0 Å². The van der Waals surface area contributed by atoms with Crippen LogP contribution in [0.25, 0.3) is 0 Å². The van der Waals surface area contributed by atoms with Crippen LogP contribution in [0.5, 0.6) is 0 Å². The Morgan fingerprint density at radius 1 is 1.43 bits per heavy atom. The smallest absolute Gasteiger partial charge is 0.243 e. The predicted molar refractivity (Wildman–Crippen MR) is 82.8 cm³/mol. The van der Waals surface area contributed by atoms with Gasteiger partial charge < -0.3 is 10.1 Å². The van der Waals surface area contributed by atoms with E-state index in [1.165, 1.54) is 0 Å². The number of hydrogen-bond acceptors (Lipinski definition) is 4. The highest BCUT2D eigenvalue weighted by molar-refractivity contribution is 7.89. The molecule has 21 heavy (non-hydrogen) atoms. The van der Waals surface area contributed by atoms with Gasteiger partial charge in [-0.05, 0) is 37.1 Å². The number of nitrogens with zero attached hydrogens (tertiary/aromatic N) is 1. The Morgan fingerprint density at radius 2 is 2.19 bits per heavy atom. The Labute approximate surface area is 127 Å². The van der Waals surface area contributed by atoms with Crippen molar-refractivity contribution in [3.63, 3.8) is 0 Å². The molecule has 0 bridgehead atoms. The zero-order valence-corrected chi connectivity index (χ0v) is 13.7. The van der Waals surface area contributed by atoms with Gasteiger partial charge in [0.25, 0.3) is 0 Å². The van der Waals surface area contributed by atoms with E-state index >= 15 is 0 Å². The number of sulfonamides is 1. The van der Waals surface area contributed by atoms with Gasteiger partial charge >= 0.3 is 0 Å². The van der Waals surface area contributed by atoms with Gasteiger partial charge in [0, 0.05) is 26.7 Å². The van der Waals surface area contributed by atoms with Crippen LogP contribution >= 0.6 is 0 Å². The summed E-state index contributed by atoms with van der Waals surface area (Å²) in [7, 11) is 0.0438. The number of nitrogens with one attached hydrogen (secondary N) is 1. The lowest BCUT2D eigenvalue weighted by Crippen LogP contribution is -2.31. The zero-order chi connectivity index (χ0) is 15.5. The lowest BCUT2D eigenvalue weighted by molar-refractivity contribution is 0.115. The number of aryl methyl sites for hydroxylation is 1. The fraction of sp³-hybridized carbons (Fsp3) is 0.600. The summed E-state index contributed by atoms with van der Waals surface area (Å²) in [5, 5.41) is 3.06. The normalized spacial score (nSPS) is 20.0. The highest BCUT2D eigenvalue weighted by Crippen LogP contribution is 2.26. The summed E-state index contributed by atoms with van der Waals surface area (Å²) >= 11 is 0. The maximum atomic E-state index is 12.9. The maximum absolute atomic E-state index is 12.9. The molecule has 0 aromatic heterocycles. The fourth-order valence-electron chi connectivity index (χ4n) is 2.69. The van der Waals surface area contributed by atoms with Crippen molar-refractivity contribution < 1.29 is 13.2 Å². The molecular formula is C15H24N2O3S. The first-order valence-corrected chi connectivity index (χ1v) is 8.76. The van der Waals surface area contributed by atoms with Crippen molar-refractivity contribution in [3.05, 3.63) is 29.3 Å². The van der Waals surface area contributed by atoms with Crippen molar-refractivity contribution >= 4 is 10.0 Å². The van der Waals surface area contributed by atoms with Crippen LogP contribution in [0, 0.1) is 0 Å². The summed E-state index contributed by atoms with van der Waals surface area (Å²) in [5.41, 5.74) is 1.85. The van der Waals surface area contributed by atoms with Crippen LogP contribution in [0.1, 0.15) is 24.5 Å². The SMILES string of the molecule is CCc1ccc(CNC)cc1S(=O)(=O)N1CCC(OC)C1. The first-order chi connectivity index (χ1) is 10.0. The molecule has 1 atom stereocenters. The molecule has 1 unspecified atom stereocenters. The van der Waals surface area contributed by atoms with Crippen molar-refractivity contribution in [2.75, 3.05) is 27.2 Å². The zero-order valence-electron chi connectivity index (χ0n) is 12.9. The third-order valence-electron chi connectivity index (χ3n) is 3.95. The fourth-order valence-corrected chi connectivity index (χ4v) is 4.52. The van der Waals surface area contributed by atoms with Gasteiger partial charge in [0.1, 0.15) is 0 Å². The van der Waals surface area contributed by atoms with Gasteiger partial charge in [0.15, 0.2) is 0 Å². The average Bonchev–Trinajstić information content (AvgIpc) is 2.97. The topological polar surface area (TPSA) is 58.6 Å². The second-order valence-electron chi connectivity index (χ2n) is 5.34. The summed E-state index contributed by atoms with van der Waals surface area (Å²) in [4.78, 5) is 0.439. The molecule has 5 nitrogen and oxygen atoms in total. The minimum absolute atomic E-state index is 0.00495. The van der Waals surface area contributed by atoms with Gasteiger partial charge in [-0.25, -0.2) is 8.42 Å².